The van der Waals surface area contributed by atoms with Crippen LogP contribution in [0.4, 0.5) is 5.69 Å². The standard InChI is InChI=1S/C17H28N2/c1-5-6-9-19-16-8-7-14(12-18)10-15(16)13(2)11-17(19,3)4/h7-8,10,13H,5-6,9,11-12,18H2,1-4H3/t13-/m1/s1. The Morgan fingerprint density at radius 1 is 1.37 bits per heavy atom. The summed E-state index contributed by atoms with van der Waals surface area (Å²) in [4.78, 5) is 2.60. The summed E-state index contributed by atoms with van der Waals surface area (Å²) in [6.07, 6.45) is 3.73. The third-order valence-electron chi connectivity index (χ3n) is 4.42. The third-order valence-corrected chi connectivity index (χ3v) is 4.42. The first kappa shape index (κ1) is 14.4. The van der Waals surface area contributed by atoms with E-state index in [4.69, 9.17) is 5.73 Å². The first-order valence-electron chi connectivity index (χ1n) is 7.60. The molecule has 2 rings (SSSR count). The van der Waals surface area contributed by atoms with Crippen molar-refractivity contribution < 1.29 is 0 Å². The molecule has 0 saturated carbocycles. The van der Waals surface area contributed by atoms with Crippen molar-refractivity contribution in [2.24, 2.45) is 5.73 Å². The first-order chi connectivity index (χ1) is 8.99. The van der Waals surface area contributed by atoms with Crippen LogP contribution in [-0.2, 0) is 6.54 Å². The number of hydrogen-bond donors (Lipinski definition) is 1. The highest BCUT2D eigenvalue weighted by Crippen LogP contribution is 2.43. The minimum Gasteiger partial charge on any atom is -0.366 e. The van der Waals surface area contributed by atoms with Crippen molar-refractivity contribution in [2.45, 2.75) is 65.0 Å². The van der Waals surface area contributed by atoms with Crippen LogP contribution in [-0.4, -0.2) is 12.1 Å². The van der Waals surface area contributed by atoms with Gasteiger partial charge in [-0.1, -0.05) is 32.4 Å². The fourth-order valence-electron chi connectivity index (χ4n) is 3.41. The number of nitrogens with zero attached hydrogens (tertiary/aromatic N) is 1. The number of unbranched alkanes of at least 4 members (excludes halogenated alkanes) is 1. The van der Waals surface area contributed by atoms with Gasteiger partial charge in [-0.15, -0.1) is 0 Å². The van der Waals surface area contributed by atoms with Gasteiger partial charge in [0.25, 0.3) is 0 Å². The summed E-state index contributed by atoms with van der Waals surface area (Å²) in [7, 11) is 0. The van der Waals surface area contributed by atoms with Gasteiger partial charge in [-0.2, -0.15) is 0 Å². The van der Waals surface area contributed by atoms with E-state index in [1.54, 1.807) is 0 Å². The van der Waals surface area contributed by atoms with Gasteiger partial charge in [-0.25, -0.2) is 0 Å². The van der Waals surface area contributed by atoms with Gasteiger partial charge in [0.05, 0.1) is 0 Å². The summed E-state index contributed by atoms with van der Waals surface area (Å²) in [5.41, 5.74) is 10.2. The summed E-state index contributed by atoms with van der Waals surface area (Å²) < 4.78 is 0. The van der Waals surface area contributed by atoms with E-state index in [0.717, 1.165) is 6.54 Å². The molecule has 0 spiro atoms. The second kappa shape index (κ2) is 5.54. The molecule has 19 heavy (non-hydrogen) atoms. The van der Waals surface area contributed by atoms with Crippen LogP contribution in [0.25, 0.3) is 0 Å². The van der Waals surface area contributed by atoms with Crippen molar-refractivity contribution in [3.8, 4) is 0 Å². The summed E-state index contributed by atoms with van der Waals surface area (Å²) in [6.45, 7) is 11.2. The first-order valence-corrected chi connectivity index (χ1v) is 7.60. The van der Waals surface area contributed by atoms with Gasteiger partial charge in [-0.3, -0.25) is 0 Å². The van der Waals surface area contributed by atoms with E-state index in [1.807, 2.05) is 0 Å². The van der Waals surface area contributed by atoms with E-state index >= 15 is 0 Å². The van der Waals surface area contributed by atoms with E-state index in [-0.39, 0.29) is 5.54 Å². The molecule has 0 unspecified atom stereocenters. The van der Waals surface area contributed by atoms with Crippen molar-refractivity contribution in [1.29, 1.82) is 0 Å². The molecular formula is C17H28N2. The van der Waals surface area contributed by atoms with Crippen LogP contribution < -0.4 is 10.6 Å². The molecule has 1 aromatic carbocycles. The monoisotopic (exact) mass is 260 g/mol. The fraction of sp³-hybridized carbons (Fsp3) is 0.647. The molecule has 0 aromatic heterocycles. The molecule has 0 saturated heterocycles. The molecule has 1 aliphatic rings. The molecule has 0 amide bonds. The maximum absolute atomic E-state index is 5.78. The highest BCUT2D eigenvalue weighted by atomic mass is 15.2. The summed E-state index contributed by atoms with van der Waals surface area (Å²) in [6, 6.07) is 6.78. The Balaban J connectivity index is 2.41. The van der Waals surface area contributed by atoms with E-state index < -0.39 is 0 Å². The zero-order valence-electron chi connectivity index (χ0n) is 12.9. The van der Waals surface area contributed by atoms with Gasteiger partial charge in [-0.05, 0) is 49.8 Å². The molecule has 1 aliphatic heterocycles. The Morgan fingerprint density at radius 3 is 2.74 bits per heavy atom. The van der Waals surface area contributed by atoms with Crippen LogP contribution in [0.15, 0.2) is 18.2 Å². The molecule has 106 valence electrons. The molecule has 2 heteroatoms. The van der Waals surface area contributed by atoms with Gasteiger partial charge < -0.3 is 10.6 Å². The van der Waals surface area contributed by atoms with Crippen molar-refractivity contribution in [2.75, 3.05) is 11.4 Å². The number of fused-ring (bicyclic) bond motifs is 1. The maximum Gasteiger partial charge on any atom is 0.0406 e. The highest BCUT2D eigenvalue weighted by molar-refractivity contribution is 5.60. The second-order valence-electron chi connectivity index (χ2n) is 6.52. The van der Waals surface area contributed by atoms with Gasteiger partial charge in [0.2, 0.25) is 0 Å². The summed E-state index contributed by atoms with van der Waals surface area (Å²) in [5.74, 6) is 0.620. The maximum atomic E-state index is 5.78. The van der Waals surface area contributed by atoms with E-state index in [0.29, 0.717) is 12.5 Å². The Kier molecular flexibility index (Phi) is 4.19. The van der Waals surface area contributed by atoms with Gasteiger partial charge >= 0.3 is 0 Å². The molecule has 1 heterocycles. The Hall–Kier alpha value is -1.02. The predicted molar refractivity (Wildman–Crippen MR) is 83.7 cm³/mol. The smallest absolute Gasteiger partial charge is 0.0406 e. The average Bonchev–Trinajstić information content (AvgIpc) is 2.37. The van der Waals surface area contributed by atoms with Crippen LogP contribution in [0.3, 0.4) is 0 Å². The molecule has 0 fully saturated rings. The molecule has 2 N–H and O–H groups in total. The summed E-state index contributed by atoms with van der Waals surface area (Å²) in [5, 5.41) is 0. The summed E-state index contributed by atoms with van der Waals surface area (Å²) >= 11 is 0. The predicted octanol–water partition coefficient (Wildman–Crippen LogP) is 4.04. The molecule has 2 nitrogen and oxygen atoms in total. The zero-order valence-corrected chi connectivity index (χ0v) is 12.9. The van der Waals surface area contributed by atoms with E-state index in [1.165, 1.54) is 36.1 Å². The molecular weight excluding hydrogens is 232 g/mol. The lowest BCUT2D eigenvalue weighted by Gasteiger charge is -2.48. The lowest BCUT2D eigenvalue weighted by atomic mass is 9.79. The van der Waals surface area contributed by atoms with Gasteiger partial charge in [0.15, 0.2) is 0 Å². The number of anilines is 1. The number of nitrogens with two attached hydrogens (primary N) is 1. The quantitative estimate of drug-likeness (QED) is 0.885. The lowest BCUT2D eigenvalue weighted by Crippen LogP contribution is -2.48. The van der Waals surface area contributed by atoms with Crippen LogP contribution in [0.2, 0.25) is 0 Å². The van der Waals surface area contributed by atoms with Crippen LogP contribution in [0, 0.1) is 0 Å². The lowest BCUT2D eigenvalue weighted by molar-refractivity contribution is 0.373. The SMILES string of the molecule is CCCCN1c2ccc(CN)cc2[C@H](C)CC1(C)C. The number of benzene rings is 1. The van der Waals surface area contributed by atoms with Crippen molar-refractivity contribution in [3.05, 3.63) is 29.3 Å². The molecule has 1 atom stereocenters. The Morgan fingerprint density at radius 2 is 2.11 bits per heavy atom. The average molecular weight is 260 g/mol. The number of hydrogen-bond acceptors (Lipinski definition) is 2. The highest BCUT2D eigenvalue weighted by Gasteiger charge is 2.35. The zero-order chi connectivity index (χ0) is 14.0. The van der Waals surface area contributed by atoms with E-state index in [2.05, 4.69) is 50.8 Å². The van der Waals surface area contributed by atoms with Crippen molar-refractivity contribution in [3.63, 3.8) is 0 Å². The normalized spacial score (nSPS) is 21.3. The van der Waals surface area contributed by atoms with Crippen LogP contribution >= 0.6 is 0 Å². The molecule has 0 radical (unpaired) electrons. The molecule has 0 bridgehead atoms. The third kappa shape index (κ3) is 2.79. The van der Waals surface area contributed by atoms with Crippen LogP contribution in [0.1, 0.15) is 64.0 Å². The minimum absolute atomic E-state index is 0.256. The Labute approximate surface area is 118 Å². The van der Waals surface area contributed by atoms with Crippen LogP contribution in [0.5, 0.6) is 0 Å². The number of rotatable bonds is 4. The largest absolute Gasteiger partial charge is 0.366 e. The molecule has 0 aliphatic carbocycles. The fourth-order valence-corrected chi connectivity index (χ4v) is 3.41. The topological polar surface area (TPSA) is 29.3 Å². The van der Waals surface area contributed by atoms with Gasteiger partial charge in [0, 0.05) is 24.3 Å². The van der Waals surface area contributed by atoms with E-state index in [9.17, 15) is 0 Å². The minimum atomic E-state index is 0.256. The molecule has 1 aromatic rings. The Bertz CT molecular complexity index is 437. The second-order valence-corrected chi connectivity index (χ2v) is 6.52. The van der Waals surface area contributed by atoms with Gasteiger partial charge in [0.1, 0.15) is 0 Å². The van der Waals surface area contributed by atoms with Crippen molar-refractivity contribution >= 4 is 5.69 Å². The van der Waals surface area contributed by atoms with Crippen molar-refractivity contribution in [1.82, 2.24) is 0 Å².